The van der Waals surface area contributed by atoms with Crippen LogP contribution in [0.1, 0.15) is 59.5 Å². The Kier molecular flexibility index (Phi) is 4.04. The molecular formula is C19H22N2O2S. The highest BCUT2D eigenvalue weighted by atomic mass is 32.1. The van der Waals surface area contributed by atoms with Crippen LogP contribution in [0.2, 0.25) is 0 Å². The molecule has 1 heterocycles. The first kappa shape index (κ1) is 15.6. The van der Waals surface area contributed by atoms with Crippen LogP contribution in [-0.4, -0.2) is 16.0 Å². The number of aromatic nitrogens is 1. The van der Waals surface area contributed by atoms with E-state index in [9.17, 15) is 9.90 Å². The van der Waals surface area contributed by atoms with E-state index < -0.39 is 0 Å². The van der Waals surface area contributed by atoms with Crippen molar-refractivity contribution in [1.29, 1.82) is 0 Å². The molecule has 0 spiro atoms. The maximum absolute atomic E-state index is 13.0. The first-order valence-electron chi connectivity index (χ1n) is 8.66. The number of phenols is 1. The third kappa shape index (κ3) is 2.93. The lowest BCUT2D eigenvalue weighted by atomic mass is 9.81. The van der Waals surface area contributed by atoms with Crippen molar-refractivity contribution in [2.75, 3.05) is 0 Å². The Balaban J connectivity index is 1.57. The zero-order chi connectivity index (χ0) is 16.7. The summed E-state index contributed by atoms with van der Waals surface area (Å²) in [6.45, 7) is 1.99. The number of nitrogens with one attached hydrogen (secondary N) is 1. The molecule has 4 nitrogen and oxygen atoms in total. The zero-order valence-electron chi connectivity index (χ0n) is 13.8. The minimum Gasteiger partial charge on any atom is -0.508 e. The Morgan fingerprint density at radius 3 is 2.92 bits per heavy atom. The highest BCUT2D eigenvalue weighted by Gasteiger charge is 2.37. The van der Waals surface area contributed by atoms with Crippen molar-refractivity contribution in [3.8, 4) is 5.75 Å². The summed E-state index contributed by atoms with van der Waals surface area (Å²) in [5, 5.41) is 16.4. The number of nitrogens with zero attached hydrogens (tertiary/aromatic N) is 1. The number of hydrogen-bond donors (Lipinski definition) is 2. The largest absolute Gasteiger partial charge is 0.508 e. The van der Waals surface area contributed by atoms with Gasteiger partial charge >= 0.3 is 0 Å². The summed E-state index contributed by atoms with van der Waals surface area (Å²) in [4.78, 5) is 17.6. The van der Waals surface area contributed by atoms with Gasteiger partial charge in [-0.2, -0.15) is 0 Å². The van der Waals surface area contributed by atoms with Gasteiger partial charge in [-0.05, 0) is 62.1 Å². The average molecular weight is 342 g/mol. The van der Waals surface area contributed by atoms with Gasteiger partial charge in [-0.25, -0.2) is 4.98 Å². The molecule has 1 amide bonds. The second kappa shape index (κ2) is 6.20. The van der Waals surface area contributed by atoms with Gasteiger partial charge < -0.3 is 10.4 Å². The van der Waals surface area contributed by atoms with Crippen molar-refractivity contribution in [2.45, 2.75) is 51.0 Å². The van der Waals surface area contributed by atoms with Crippen molar-refractivity contribution in [3.63, 3.8) is 0 Å². The summed E-state index contributed by atoms with van der Waals surface area (Å²) >= 11 is 1.64. The first-order valence-corrected chi connectivity index (χ1v) is 9.54. The molecular weight excluding hydrogens is 320 g/mol. The van der Waals surface area contributed by atoms with Gasteiger partial charge in [0.15, 0.2) is 0 Å². The van der Waals surface area contributed by atoms with Gasteiger partial charge in [0.05, 0.1) is 12.0 Å². The predicted octanol–water partition coefficient (Wildman–Crippen LogP) is 3.84. The minimum absolute atomic E-state index is 0.0406. The van der Waals surface area contributed by atoms with Crippen molar-refractivity contribution in [1.82, 2.24) is 10.3 Å². The molecule has 2 aliphatic rings. The molecule has 24 heavy (non-hydrogen) atoms. The number of amides is 1. The second-order valence-corrected chi connectivity index (χ2v) is 7.83. The summed E-state index contributed by atoms with van der Waals surface area (Å²) in [5.41, 5.74) is 2.95. The Morgan fingerprint density at radius 2 is 2.21 bits per heavy atom. The van der Waals surface area contributed by atoms with E-state index in [4.69, 9.17) is 0 Å². The van der Waals surface area contributed by atoms with Gasteiger partial charge in [-0.15, -0.1) is 11.3 Å². The summed E-state index contributed by atoms with van der Waals surface area (Å²) in [5.74, 6) is 0.750. The number of rotatable bonds is 4. The quantitative estimate of drug-likeness (QED) is 0.887. The fourth-order valence-electron chi connectivity index (χ4n) is 3.68. The lowest BCUT2D eigenvalue weighted by Crippen LogP contribution is -2.35. The van der Waals surface area contributed by atoms with Crippen LogP contribution >= 0.6 is 11.3 Å². The maximum Gasteiger partial charge on any atom is 0.228 e. The Labute approximate surface area is 145 Å². The zero-order valence-corrected chi connectivity index (χ0v) is 14.6. The van der Waals surface area contributed by atoms with Crippen molar-refractivity contribution in [2.24, 2.45) is 5.92 Å². The summed E-state index contributed by atoms with van der Waals surface area (Å²) in [6, 6.07) is 5.57. The van der Waals surface area contributed by atoms with Gasteiger partial charge in [0.1, 0.15) is 10.8 Å². The van der Waals surface area contributed by atoms with Crippen molar-refractivity contribution < 1.29 is 9.90 Å². The number of carbonyl (C=O) groups excluding carboxylic acids is 1. The molecule has 1 aromatic heterocycles. The van der Waals surface area contributed by atoms with Crippen LogP contribution in [0, 0.1) is 12.8 Å². The number of fused-ring (bicyclic) bond motifs is 1. The van der Waals surface area contributed by atoms with Crippen LogP contribution in [0.15, 0.2) is 23.6 Å². The normalized spacial score (nSPS) is 21.1. The third-order valence-corrected chi connectivity index (χ3v) is 6.14. The maximum atomic E-state index is 13.0. The fourth-order valence-corrected chi connectivity index (χ4v) is 4.62. The Morgan fingerprint density at radius 1 is 1.38 bits per heavy atom. The molecule has 2 N–H and O–H groups in total. The minimum atomic E-state index is -0.164. The lowest BCUT2D eigenvalue weighted by Gasteiger charge is -2.27. The standard InChI is InChI=1S/C19H22N2O2S/c1-11-10-24-19(20-11)17(12-8-9-12)21-18(23)15-6-2-5-14-13(15)4-3-7-16(14)22/h3-4,7,10,12,15,17,22H,2,5-6,8-9H2,1H3,(H,21,23). The summed E-state index contributed by atoms with van der Waals surface area (Å²) in [6.07, 6.45) is 4.95. The van der Waals surface area contributed by atoms with E-state index in [1.807, 2.05) is 24.4 Å². The molecule has 2 unspecified atom stereocenters. The van der Waals surface area contributed by atoms with Gasteiger partial charge in [-0.3, -0.25) is 4.79 Å². The molecule has 0 radical (unpaired) electrons. The number of benzene rings is 1. The van der Waals surface area contributed by atoms with Crippen molar-refractivity contribution in [3.05, 3.63) is 45.4 Å². The second-order valence-electron chi connectivity index (χ2n) is 6.94. The highest BCUT2D eigenvalue weighted by Crippen LogP contribution is 2.43. The first-order chi connectivity index (χ1) is 11.6. The van der Waals surface area contributed by atoms with Gasteiger partial charge in [0.25, 0.3) is 0 Å². The van der Waals surface area contributed by atoms with E-state index in [0.717, 1.165) is 53.9 Å². The Bertz CT molecular complexity index is 766. The van der Waals surface area contributed by atoms with E-state index in [1.54, 1.807) is 17.4 Å². The molecule has 2 aromatic rings. The molecule has 0 bridgehead atoms. The predicted molar refractivity (Wildman–Crippen MR) is 94.2 cm³/mol. The average Bonchev–Trinajstić information content (AvgIpc) is 3.33. The van der Waals surface area contributed by atoms with E-state index in [2.05, 4.69) is 10.3 Å². The third-order valence-electron chi connectivity index (χ3n) is 5.09. The van der Waals surface area contributed by atoms with Crippen LogP contribution in [0.4, 0.5) is 0 Å². The molecule has 0 aliphatic heterocycles. The molecule has 1 fully saturated rings. The SMILES string of the molecule is Cc1csc(C(NC(=O)C2CCCc3c(O)cccc32)C2CC2)n1. The number of aromatic hydroxyl groups is 1. The van der Waals surface area contributed by atoms with Crippen molar-refractivity contribution >= 4 is 17.2 Å². The van der Waals surface area contributed by atoms with E-state index in [0.29, 0.717) is 11.7 Å². The molecule has 1 aromatic carbocycles. The summed E-state index contributed by atoms with van der Waals surface area (Å²) < 4.78 is 0. The molecule has 1 saturated carbocycles. The fraction of sp³-hybridized carbons (Fsp3) is 0.474. The monoisotopic (exact) mass is 342 g/mol. The van der Waals surface area contributed by atoms with Crippen LogP contribution in [0.5, 0.6) is 5.75 Å². The smallest absolute Gasteiger partial charge is 0.228 e. The molecule has 2 aliphatic carbocycles. The van der Waals surface area contributed by atoms with Crippen LogP contribution < -0.4 is 5.32 Å². The Hall–Kier alpha value is -1.88. The highest BCUT2D eigenvalue weighted by molar-refractivity contribution is 7.09. The number of aryl methyl sites for hydroxylation is 1. The molecule has 4 rings (SSSR count). The van der Waals surface area contributed by atoms with Gasteiger partial charge in [0.2, 0.25) is 5.91 Å². The van der Waals surface area contributed by atoms with Crippen LogP contribution in [-0.2, 0) is 11.2 Å². The molecule has 126 valence electrons. The number of carbonyl (C=O) groups is 1. The van der Waals surface area contributed by atoms with Gasteiger partial charge in [0, 0.05) is 11.1 Å². The van der Waals surface area contributed by atoms with Crippen LogP contribution in [0.25, 0.3) is 0 Å². The van der Waals surface area contributed by atoms with Crippen LogP contribution in [0.3, 0.4) is 0 Å². The topological polar surface area (TPSA) is 62.2 Å². The molecule has 5 heteroatoms. The number of thiazole rings is 1. The number of hydrogen-bond acceptors (Lipinski definition) is 4. The molecule has 0 saturated heterocycles. The lowest BCUT2D eigenvalue weighted by molar-refractivity contribution is -0.123. The van der Waals surface area contributed by atoms with Gasteiger partial charge in [-0.1, -0.05) is 12.1 Å². The van der Waals surface area contributed by atoms with E-state index in [1.165, 1.54) is 0 Å². The number of phenolic OH excluding ortho intramolecular Hbond substituents is 1. The molecule has 2 atom stereocenters. The van der Waals surface area contributed by atoms with E-state index >= 15 is 0 Å². The van der Waals surface area contributed by atoms with E-state index in [-0.39, 0.29) is 17.9 Å². The summed E-state index contributed by atoms with van der Waals surface area (Å²) in [7, 11) is 0.